The molecule has 0 saturated carbocycles. The first-order chi connectivity index (χ1) is 8.95. The van der Waals surface area contributed by atoms with E-state index in [9.17, 15) is 0 Å². The molecule has 2 rings (SSSR count). The molecule has 19 heavy (non-hydrogen) atoms. The minimum absolute atomic E-state index is 0.0648. The predicted octanol–water partition coefficient (Wildman–Crippen LogP) is 2.57. The van der Waals surface area contributed by atoms with Crippen LogP contribution in [0.25, 0.3) is 0 Å². The fourth-order valence-electron chi connectivity index (χ4n) is 2.36. The van der Waals surface area contributed by atoms with Crippen molar-refractivity contribution >= 4 is 11.5 Å². The lowest BCUT2D eigenvalue weighted by molar-refractivity contribution is 0.392. The summed E-state index contributed by atoms with van der Waals surface area (Å²) >= 11 is 0. The minimum Gasteiger partial charge on any atom is -0.394 e. The molecule has 0 aliphatic heterocycles. The van der Waals surface area contributed by atoms with Crippen LogP contribution in [0.2, 0.25) is 0 Å². The van der Waals surface area contributed by atoms with Gasteiger partial charge >= 0.3 is 0 Å². The Hall–Kier alpha value is -1.98. The second kappa shape index (κ2) is 4.95. The molecule has 0 bridgehead atoms. The lowest BCUT2D eigenvalue weighted by atomic mass is 10.1. The Morgan fingerprint density at radius 1 is 1.32 bits per heavy atom. The molecule has 0 fully saturated rings. The molecule has 2 heterocycles. The van der Waals surface area contributed by atoms with Gasteiger partial charge in [-0.25, -0.2) is 4.68 Å². The first-order valence-electron chi connectivity index (χ1n) is 6.47. The summed E-state index contributed by atoms with van der Waals surface area (Å²) in [4.78, 5) is 0. The summed E-state index contributed by atoms with van der Waals surface area (Å²) in [6.07, 6.45) is 0. The number of aryl methyl sites for hydroxylation is 4. The lowest BCUT2D eigenvalue weighted by Gasteiger charge is -2.16. The van der Waals surface area contributed by atoms with Crippen molar-refractivity contribution in [1.82, 2.24) is 14.9 Å². The zero-order valence-electron chi connectivity index (χ0n) is 12.1. The van der Waals surface area contributed by atoms with Crippen molar-refractivity contribution in [2.75, 3.05) is 11.1 Å². The summed E-state index contributed by atoms with van der Waals surface area (Å²) in [6.45, 7) is 10.6. The van der Waals surface area contributed by atoms with E-state index in [-0.39, 0.29) is 6.04 Å². The van der Waals surface area contributed by atoms with E-state index in [1.54, 1.807) is 0 Å². The number of nitrogen functional groups attached to an aromatic ring is 1. The third kappa shape index (κ3) is 2.30. The zero-order valence-corrected chi connectivity index (χ0v) is 12.1. The van der Waals surface area contributed by atoms with Gasteiger partial charge in [0.25, 0.3) is 0 Å². The molecule has 0 aliphatic carbocycles. The summed E-state index contributed by atoms with van der Waals surface area (Å²) < 4.78 is 7.08. The van der Waals surface area contributed by atoms with Gasteiger partial charge in [0.2, 0.25) is 0 Å². The molecule has 6 heteroatoms. The van der Waals surface area contributed by atoms with Crippen molar-refractivity contribution in [3.05, 3.63) is 22.7 Å². The van der Waals surface area contributed by atoms with Gasteiger partial charge in [-0.05, 0) is 34.6 Å². The normalized spacial score (nSPS) is 12.7. The van der Waals surface area contributed by atoms with E-state index < -0.39 is 0 Å². The summed E-state index contributed by atoms with van der Waals surface area (Å²) in [5.74, 6) is 1.68. The maximum Gasteiger partial charge on any atom is 0.148 e. The summed E-state index contributed by atoms with van der Waals surface area (Å²) in [7, 11) is 0. The van der Waals surface area contributed by atoms with Gasteiger partial charge in [-0.2, -0.15) is 5.10 Å². The molecule has 104 valence electrons. The highest BCUT2D eigenvalue weighted by Gasteiger charge is 2.19. The number of anilines is 2. The van der Waals surface area contributed by atoms with Crippen LogP contribution >= 0.6 is 0 Å². The van der Waals surface area contributed by atoms with Crippen molar-refractivity contribution < 1.29 is 4.52 Å². The van der Waals surface area contributed by atoms with Crippen LogP contribution in [-0.2, 0) is 6.54 Å². The van der Waals surface area contributed by atoms with Crippen LogP contribution < -0.4 is 11.1 Å². The van der Waals surface area contributed by atoms with Crippen molar-refractivity contribution in [1.29, 1.82) is 0 Å². The Bertz CT molecular complexity index is 565. The van der Waals surface area contributed by atoms with Gasteiger partial charge in [0.05, 0.1) is 23.1 Å². The average molecular weight is 263 g/mol. The first kappa shape index (κ1) is 13.5. The lowest BCUT2D eigenvalue weighted by Crippen LogP contribution is -2.13. The third-order valence-corrected chi connectivity index (χ3v) is 3.35. The quantitative estimate of drug-likeness (QED) is 0.886. The van der Waals surface area contributed by atoms with Crippen LogP contribution in [0.1, 0.15) is 42.6 Å². The number of nitrogens with one attached hydrogen (secondary N) is 1. The summed E-state index contributed by atoms with van der Waals surface area (Å²) in [6, 6.07) is 0.0648. The highest BCUT2D eigenvalue weighted by molar-refractivity contribution is 5.65. The zero-order chi connectivity index (χ0) is 14.2. The number of hydrogen-bond donors (Lipinski definition) is 2. The minimum atomic E-state index is 0.0648. The highest BCUT2D eigenvalue weighted by atomic mass is 16.5. The molecule has 2 aromatic rings. The summed E-state index contributed by atoms with van der Waals surface area (Å²) in [5.41, 5.74) is 9.58. The van der Waals surface area contributed by atoms with Gasteiger partial charge in [0.15, 0.2) is 0 Å². The van der Waals surface area contributed by atoms with E-state index in [1.807, 2.05) is 32.4 Å². The first-order valence-corrected chi connectivity index (χ1v) is 6.47. The largest absolute Gasteiger partial charge is 0.394 e. The van der Waals surface area contributed by atoms with Crippen molar-refractivity contribution in [2.24, 2.45) is 0 Å². The van der Waals surface area contributed by atoms with Gasteiger partial charge in [-0.15, -0.1) is 0 Å². The fraction of sp³-hybridized carbons (Fsp3) is 0.538. The maximum atomic E-state index is 6.07. The van der Waals surface area contributed by atoms with Crippen LogP contribution in [0.15, 0.2) is 4.52 Å². The molecule has 3 N–H and O–H groups in total. The molecule has 1 unspecified atom stereocenters. The van der Waals surface area contributed by atoms with Gasteiger partial charge in [-0.3, -0.25) is 0 Å². The van der Waals surface area contributed by atoms with Crippen molar-refractivity contribution in [2.45, 2.75) is 47.2 Å². The number of rotatable bonds is 4. The molecule has 0 amide bonds. The number of hydrogen-bond acceptors (Lipinski definition) is 5. The van der Waals surface area contributed by atoms with E-state index in [0.717, 1.165) is 35.1 Å². The highest BCUT2D eigenvalue weighted by Crippen LogP contribution is 2.29. The molecule has 0 aromatic carbocycles. The fourth-order valence-corrected chi connectivity index (χ4v) is 2.36. The maximum absolute atomic E-state index is 6.07. The van der Waals surface area contributed by atoms with E-state index in [2.05, 4.69) is 22.5 Å². The molecule has 0 aliphatic rings. The Balaban J connectivity index is 2.31. The van der Waals surface area contributed by atoms with E-state index in [0.29, 0.717) is 5.69 Å². The van der Waals surface area contributed by atoms with Crippen LogP contribution in [0, 0.1) is 20.8 Å². The average Bonchev–Trinajstić information content (AvgIpc) is 2.83. The standard InChI is InChI=1S/C13H21N5O/c1-6-18-13(12(14)9(4)16-18)15-7(2)11-8(3)17-19-10(11)5/h7,15H,6,14H2,1-5H3. The Labute approximate surface area is 113 Å². The predicted molar refractivity (Wildman–Crippen MR) is 75.1 cm³/mol. The van der Waals surface area contributed by atoms with Crippen LogP contribution in [-0.4, -0.2) is 14.9 Å². The van der Waals surface area contributed by atoms with Crippen LogP contribution in [0.4, 0.5) is 11.5 Å². The number of nitrogens with zero attached hydrogens (tertiary/aromatic N) is 3. The Morgan fingerprint density at radius 3 is 2.53 bits per heavy atom. The second-order valence-corrected chi connectivity index (χ2v) is 4.77. The monoisotopic (exact) mass is 263 g/mol. The third-order valence-electron chi connectivity index (χ3n) is 3.35. The van der Waals surface area contributed by atoms with E-state index in [4.69, 9.17) is 10.3 Å². The molecule has 0 spiro atoms. The Morgan fingerprint density at radius 2 is 2.00 bits per heavy atom. The van der Waals surface area contributed by atoms with Crippen molar-refractivity contribution in [3.63, 3.8) is 0 Å². The van der Waals surface area contributed by atoms with Crippen LogP contribution in [0.3, 0.4) is 0 Å². The topological polar surface area (TPSA) is 81.9 Å². The molecule has 6 nitrogen and oxygen atoms in total. The summed E-state index contributed by atoms with van der Waals surface area (Å²) in [5, 5.41) is 11.8. The number of aromatic nitrogens is 3. The molecular formula is C13H21N5O. The van der Waals surface area contributed by atoms with Gasteiger partial charge in [0, 0.05) is 12.1 Å². The number of nitrogens with two attached hydrogens (primary N) is 1. The molecule has 1 atom stereocenters. The van der Waals surface area contributed by atoms with Crippen molar-refractivity contribution in [3.8, 4) is 0 Å². The molecule has 0 radical (unpaired) electrons. The van der Waals surface area contributed by atoms with Gasteiger partial charge in [0.1, 0.15) is 11.6 Å². The smallest absolute Gasteiger partial charge is 0.148 e. The SMILES string of the molecule is CCn1nc(C)c(N)c1NC(C)c1c(C)noc1C. The Kier molecular flexibility index (Phi) is 3.50. The van der Waals surface area contributed by atoms with E-state index >= 15 is 0 Å². The molecule has 0 saturated heterocycles. The molecular weight excluding hydrogens is 242 g/mol. The van der Waals surface area contributed by atoms with Gasteiger partial charge in [-0.1, -0.05) is 5.16 Å². The van der Waals surface area contributed by atoms with Crippen LogP contribution in [0.5, 0.6) is 0 Å². The second-order valence-electron chi connectivity index (χ2n) is 4.77. The molecule has 2 aromatic heterocycles. The van der Waals surface area contributed by atoms with E-state index in [1.165, 1.54) is 0 Å². The van der Waals surface area contributed by atoms with Gasteiger partial charge < -0.3 is 15.6 Å².